The van der Waals surface area contributed by atoms with Gasteiger partial charge in [-0.25, -0.2) is 0 Å². The fourth-order valence-electron chi connectivity index (χ4n) is 1.21. The molecule has 2 rings (SSSR count). The Bertz CT molecular complexity index is 541. The molecule has 6 heteroatoms. The maximum atomic E-state index is 5.56. The quantitative estimate of drug-likeness (QED) is 0.829. The maximum Gasteiger partial charge on any atom is 0.249 e. The molecule has 0 aliphatic heterocycles. The number of ether oxygens (including phenoxy) is 1. The Morgan fingerprint density at radius 1 is 1.35 bits per heavy atom. The molecular weight excluding hydrogens is 236 g/mol. The largest absolute Gasteiger partial charge is 0.435 e. The van der Waals surface area contributed by atoms with Crippen molar-refractivity contribution in [1.29, 1.82) is 0 Å². The summed E-state index contributed by atoms with van der Waals surface area (Å²) >= 11 is 4.90. The van der Waals surface area contributed by atoms with Crippen LogP contribution < -0.4 is 10.5 Å². The van der Waals surface area contributed by atoms with Gasteiger partial charge in [0, 0.05) is 5.69 Å². The molecule has 0 amide bonds. The Hall–Kier alpha value is -2.08. The van der Waals surface area contributed by atoms with Crippen molar-refractivity contribution in [2.75, 3.05) is 0 Å². The van der Waals surface area contributed by atoms with E-state index < -0.39 is 0 Å². The van der Waals surface area contributed by atoms with Gasteiger partial charge in [0.2, 0.25) is 5.88 Å². The summed E-state index contributed by atoms with van der Waals surface area (Å²) in [6.07, 6.45) is 3.11. The summed E-state index contributed by atoms with van der Waals surface area (Å²) < 4.78 is 5.52. The molecule has 0 unspecified atom stereocenters. The van der Waals surface area contributed by atoms with Gasteiger partial charge in [-0.05, 0) is 25.1 Å². The first-order valence-electron chi connectivity index (χ1n) is 4.89. The second-order valence-corrected chi connectivity index (χ2v) is 3.79. The molecule has 17 heavy (non-hydrogen) atoms. The highest BCUT2D eigenvalue weighted by Gasteiger charge is 2.09. The Labute approximate surface area is 104 Å². The molecule has 0 saturated heterocycles. The topological polar surface area (TPSA) is 73.9 Å². The molecule has 0 spiro atoms. The third-order valence-corrected chi connectivity index (χ3v) is 2.27. The summed E-state index contributed by atoms with van der Waals surface area (Å²) in [5, 5.41) is 7.58. The van der Waals surface area contributed by atoms with E-state index in [1.807, 2.05) is 13.0 Å². The number of hydrogen-bond acceptors (Lipinski definition) is 5. The van der Waals surface area contributed by atoms with Crippen molar-refractivity contribution in [3.63, 3.8) is 0 Å². The smallest absolute Gasteiger partial charge is 0.249 e. The van der Waals surface area contributed by atoms with Gasteiger partial charge in [-0.1, -0.05) is 12.2 Å². The lowest BCUT2D eigenvalue weighted by atomic mass is 10.3. The Balaban J connectivity index is 2.30. The van der Waals surface area contributed by atoms with Gasteiger partial charge in [-0.2, -0.15) is 5.10 Å². The van der Waals surface area contributed by atoms with Crippen LogP contribution in [0.15, 0.2) is 30.6 Å². The van der Waals surface area contributed by atoms with Gasteiger partial charge < -0.3 is 10.5 Å². The molecule has 2 aromatic rings. The predicted molar refractivity (Wildman–Crippen MR) is 67.0 cm³/mol. The lowest BCUT2D eigenvalue weighted by Gasteiger charge is -2.07. The minimum atomic E-state index is 0.218. The van der Waals surface area contributed by atoms with Crippen LogP contribution in [0.1, 0.15) is 11.3 Å². The molecule has 2 aromatic heterocycles. The predicted octanol–water partition coefficient (Wildman–Crippen LogP) is 1.61. The molecule has 2 heterocycles. The van der Waals surface area contributed by atoms with E-state index in [2.05, 4.69) is 15.2 Å². The van der Waals surface area contributed by atoms with E-state index in [0.717, 1.165) is 5.69 Å². The van der Waals surface area contributed by atoms with Gasteiger partial charge in [0.05, 0.1) is 18.0 Å². The van der Waals surface area contributed by atoms with Crippen molar-refractivity contribution in [1.82, 2.24) is 15.2 Å². The van der Waals surface area contributed by atoms with E-state index >= 15 is 0 Å². The van der Waals surface area contributed by atoms with Crippen LogP contribution >= 0.6 is 12.2 Å². The van der Waals surface area contributed by atoms with E-state index in [9.17, 15) is 0 Å². The van der Waals surface area contributed by atoms with Crippen molar-refractivity contribution in [2.24, 2.45) is 5.73 Å². The zero-order chi connectivity index (χ0) is 12.3. The van der Waals surface area contributed by atoms with Crippen LogP contribution in [0.25, 0.3) is 0 Å². The van der Waals surface area contributed by atoms with Crippen molar-refractivity contribution in [3.8, 4) is 11.6 Å². The van der Waals surface area contributed by atoms with Crippen molar-refractivity contribution in [3.05, 3.63) is 41.9 Å². The zero-order valence-corrected chi connectivity index (χ0v) is 9.94. The third-order valence-electron chi connectivity index (χ3n) is 2.05. The number of thiocarbonyl (C=S) groups is 1. The fourth-order valence-corrected chi connectivity index (χ4v) is 1.36. The third kappa shape index (κ3) is 2.73. The van der Waals surface area contributed by atoms with Crippen LogP contribution in [-0.4, -0.2) is 20.2 Å². The second-order valence-electron chi connectivity index (χ2n) is 3.35. The van der Waals surface area contributed by atoms with Gasteiger partial charge in [0.25, 0.3) is 0 Å². The van der Waals surface area contributed by atoms with Crippen molar-refractivity contribution < 1.29 is 4.74 Å². The van der Waals surface area contributed by atoms with E-state index in [-0.39, 0.29) is 10.9 Å². The molecule has 0 bridgehead atoms. The highest BCUT2D eigenvalue weighted by molar-refractivity contribution is 7.80. The highest BCUT2D eigenvalue weighted by atomic mass is 32.1. The van der Waals surface area contributed by atoms with Gasteiger partial charge >= 0.3 is 0 Å². The minimum Gasteiger partial charge on any atom is -0.435 e. The van der Waals surface area contributed by atoms with Crippen LogP contribution in [0.2, 0.25) is 0 Å². The van der Waals surface area contributed by atoms with Crippen LogP contribution in [0.3, 0.4) is 0 Å². The van der Waals surface area contributed by atoms with Crippen molar-refractivity contribution in [2.45, 2.75) is 6.92 Å². The number of nitrogens with zero attached hydrogens (tertiary/aromatic N) is 3. The van der Waals surface area contributed by atoms with Gasteiger partial charge in [-0.3, -0.25) is 4.98 Å². The Morgan fingerprint density at radius 2 is 2.18 bits per heavy atom. The average molecular weight is 246 g/mol. The second kappa shape index (κ2) is 4.84. The zero-order valence-electron chi connectivity index (χ0n) is 9.12. The Kier molecular flexibility index (Phi) is 3.24. The number of pyridine rings is 1. The van der Waals surface area contributed by atoms with Crippen molar-refractivity contribution >= 4 is 17.2 Å². The first-order chi connectivity index (χ1) is 8.16. The summed E-state index contributed by atoms with van der Waals surface area (Å²) in [5.41, 5.74) is 7.02. The summed E-state index contributed by atoms with van der Waals surface area (Å²) in [6.45, 7) is 1.90. The number of nitrogens with two attached hydrogens (primary N) is 1. The molecule has 86 valence electrons. The van der Waals surface area contributed by atoms with Gasteiger partial charge in [-0.15, -0.1) is 5.10 Å². The summed E-state index contributed by atoms with van der Waals surface area (Å²) in [7, 11) is 0. The molecular formula is C11H10N4OS. The van der Waals surface area contributed by atoms with E-state index in [1.165, 1.54) is 6.20 Å². The summed E-state index contributed by atoms with van der Waals surface area (Å²) in [4.78, 5) is 4.33. The standard InChI is InChI=1S/C11H10N4OS/c1-7-2-3-8(6-13-7)16-11-9(10(12)17)4-5-14-15-11/h2-6H,1H3,(H2,12,17). The first kappa shape index (κ1) is 11.4. The van der Waals surface area contributed by atoms with Crippen LogP contribution in [-0.2, 0) is 0 Å². The number of aromatic nitrogens is 3. The molecule has 0 radical (unpaired) electrons. The number of aryl methyl sites for hydroxylation is 1. The number of hydrogen-bond donors (Lipinski definition) is 1. The molecule has 0 aromatic carbocycles. The molecule has 2 N–H and O–H groups in total. The van der Waals surface area contributed by atoms with E-state index in [4.69, 9.17) is 22.7 Å². The fraction of sp³-hybridized carbons (Fsp3) is 0.0909. The molecule has 5 nitrogen and oxygen atoms in total. The lowest BCUT2D eigenvalue weighted by molar-refractivity contribution is 0.452. The van der Waals surface area contributed by atoms with Crippen LogP contribution in [0, 0.1) is 6.92 Å². The molecule has 0 aliphatic rings. The average Bonchev–Trinajstić information content (AvgIpc) is 2.32. The highest BCUT2D eigenvalue weighted by Crippen LogP contribution is 2.21. The van der Waals surface area contributed by atoms with Crippen LogP contribution in [0.5, 0.6) is 11.6 Å². The Morgan fingerprint density at radius 3 is 2.82 bits per heavy atom. The summed E-state index contributed by atoms with van der Waals surface area (Å²) in [6, 6.07) is 5.29. The van der Waals surface area contributed by atoms with Gasteiger partial charge in [0.15, 0.2) is 0 Å². The normalized spacial score (nSPS) is 9.94. The number of rotatable bonds is 3. The lowest BCUT2D eigenvalue weighted by Crippen LogP contribution is -2.12. The van der Waals surface area contributed by atoms with E-state index in [1.54, 1.807) is 18.3 Å². The molecule has 0 saturated carbocycles. The summed E-state index contributed by atoms with van der Waals surface area (Å²) in [5.74, 6) is 0.847. The van der Waals surface area contributed by atoms with E-state index in [0.29, 0.717) is 11.3 Å². The molecule has 0 aliphatic carbocycles. The minimum absolute atomic E-state index is 0.218. The SMILES string of the molecule is Cc1ccc(Oc2nnccc2C(N)=S)cn1. The molecule has 0 fully saturated rings. The molecule has 0 atom stereocenters. The van der Waals surface area contributed by atoms with Gasteiger partial charge in [0.1, 0.15) is 10.7 Å². The van der Waals surface area contributed by atoms with Crippen LogP contribution in [0.4, 0.5) is 0 Å². The maximum absolute atomic E-state index is 5.56. The first-order valence-corrected chi connectivity index (χ1v) is 5.29. The monoisotopic (exact) mass is 246 g/mol.